The summed E-state index contributed by atoms with van der Waals surface area (Å²) in [6.07, 6.45) is 7.09. The van der Waals surface area contributed by atoms with Crippen molar-refractivity contribution in [3.63, 3.8) is 0 Å². The average molecular weight is 178 g/mol. The van der Waals surface area contributed by atoms with Crippen LogP contribution < -0.4 is 0 Å². The Hall–Kier alpha value is -0.590. The molecule has 0 aromatic carbocycles. The summed E-state index contributed by atoms with van der Waals surface area (Å²) in [5.41, 5.74) is 0.198. The number of carbonyl (C=O) groups is 1. The maximum absolute atomic E-state index is 11.6. The Kier molecular flexibility index (Phi) is 1.86. The Morgan fingerprint density at radius 2 is 2.00 bits per heavy atom. The molecular formula is C12H18O. The molecule has 0 radical (unpaired) electrons. The van der Waals surface area contributed by atoms with Crippen molar-refractivity contribution in [3.8, 4) is 0 Å². The van der Waals surface area contributed by atoms with Crippen molar-refractivity contribution in [1.82, 2.24) is 0 Å². The molecule has 0 heterocycles. The van der Waals surface area contributed by atoms with Gasteiger partial charge >= 0.3 is 0 Å². The minimum Gasteiger partial charge on any atom is -0.300 e. The van der Waals surface area contributed by atoms with Gasteiger partial charge in [0.15, 0.2) is 0 Å². The van der Waals surface area contributed by atoms with Crippen molar-refractivity contribution in [2.24, 2.45) is 23.2 Å². The van der Waals surface area contributed by atoms with E-state index in [1.807, 2.05) is 0 Å². The van der Waals surface area contributed by atoms with E-state index in [-0.39, 0.29) is 11.3 Å². The van der Waals surface area contributed by atoms with Gasteiger partial charge in [-0.2, -0.15) is 0 Å². The average Bonchev–Trinajstić information content (AvgIpc) is 2.03. The largest absolute Gasteiger partial charge is 0.300 e. The summed E-state index contributed by atoms with van der Waals surface area (Å²) < 4.78 is 0. The highest BCUT2D eigenvalue weighted by Gasteiger charge is 2.48. The van der Waals surface area contributed by atoms with E-state index in [0.717, 1.165) is 0 Å². The number of rotatable bonds is 1. The number of hydrogen-bond donors (Lipinski definition) is 0. The first-order chi connectivity index (χ1) is 6.03. The second kappa shape index (κ2) is 2.70. The van der Waals surface area contributed by atoms with Gasteiger partial charge in [0.1, 0.15) is 5.78 Å². The van der Waals surface area contributed by atoms with E-state index in [1.54, 1.807) is 6.92 Å². The molecule has 0 unspecified atom stereocenters. The van der Waals surface area contributed by atoms with Gasteiger partial charge in [-0.05, 0) is 37.0 Å². The molecule has 3 aliphatic rings. The standard InChI is InChI=1S/C12H18O/c1-8(13)11-9-4-6-10(7-5-9)12(11,2)3/h4,6,9-11H,5,7H2,1-3H3/t9-,10+,11+/m1/s1. The smallest absolute Gasteiger partial charge is 0.134 e. The number of ketones is 1. The second-order valence-electron chi connectivity index (χ2n) is 5.14. The second-order valence-corrected chi connectivity index (χ2v) is 5.14. The minimum absolute atomic E-state index is 0.198. The van der Waals surface area contributed by atoms with Crippen LogP contribution in [0.3, 0.4) is 0 Å². The quantitative estimate of drug-likeness (QED) is 0.564. The van der Waals surface area contributed by atoms with E-state index in [0.29, 0.717) is 17.6 Å². The van der Waals surface area contributed by atoms with Gasteiger partial charge < -0.3 is 0 Å². The lowest BCUT2D eigenvalue weighted by Crippen LogP contribution is -2.46. The Morgan fingerprint density at radius 3 is 2.31 bits per heavy atom. The molecule has 1 nitrogen and oxygen atoms in total. The predicted octanol–water partition coefficient (Wildman–Crippen LogP) is 2.81. The first kappa shape index (κ1) is 8.98. The molecule has 0 aliphatic heterocycles. The normalized spacial score (nSPS) is 40.7. The molecule has 3 aliphatic carbocycles. The summed E-state index contributed by atoms with van der Waals surface area (Å²) in [7, 11) is 0. The lowest BCUT2D eigenvalue weighted by Gasteiger charge is -2.50. The van der Waals surface area contributed by atoms with E-state index in [1.165, 1.54) is 12.8 Å². The number of Topliss-reactive ketones (excluding diaryl/α,β-unsaturated/α-hetero) is 1. The zero-order valence-corrected chi connectivity index (χ0v) is 8.71. The van der Waals surface area contributed by atoms with E-state index in [9.17, 15) is 4.79 Å². The highest BCUT2D eigenvalue weighted by Crippen LogP contribution is 2.52. The van der Waals surface area contributed by atoms with Gasteiger partial charge in [-0.1, -0.05) is 26.0 Å². The molecule has 13 heavy (non-hydrogen) atoms. The van der Waals surface area contributed by atoms with Gasteiger partial charge in [0.2, 0.25) is 0 Å². The van der Waals surface area contributed by atoms with Gasteiger partial charge in [0.05, 0.1) is 0 Å². The summed E-state index contributed by atoms with van der Waals surface area (Å²) in [5.74, 6) is 1.81. The summed E-state index contributed by atoms with van der Waals surface area (Å²) in [6.45, 7) is 6.25. The zero-order valence-electron chi connectivity index (χ0n) is 8.71. The third-order valence-corrected chi connectivity index (χ3v) is 4.02. The monoisotopic (exact) mass is 178 g/mol. The molecule has 0 N–H and O–H groups in total. The van der Waals surface area contributed by atoms with Crippen molar-refractivity contribution in [3.05, 3.63) is 12.2 Å². The maximum Gasteiger partial charge on any atom is 0.134 e. The fraction of sp³-hybridized carbons (Fsp3) is 0.750. The van der Waals surface area contributed by atoms with Gasteiger partial charge in [0, 0.05) is 5.92 Å². The molecule has 2 bridgehead atoms. The van der Waals surface area contributed by atoms with Crippen LogP contribution in [0.1, 0.15) is 33.6 Å². The summed E-state index contributed by atoms with van der Waals surface area (Å²) in [6, 6.07) is 0. The van der Waals surface area contributed by atoms with Crippen LogP contribution in [0, 0.1) is 23.2 Å². The fourth-order valence-corrected chi connectivity index (χ4v) is 3.35. The van der Waals surface area contributed by atoms with Crippen LogP contribution in [-0.2, 0) is 4.79 Å². The summed E-state index contributed by atoms with van der Waals surface area (Å²) in [4.78, 5) is 11.6. The fourth-order valence-electron chi connectivity index (χ4n) is 3.35. The molecule has 0 aromatic rings. The predicted molar refractivity (Wildman–Crippen MR) is 53.3 cm³/mol. The SMILES string of the molecule is CC(=O)[C@H]1[C@@H]2C=C[C@@H](CC2)C1(C)C. The van der Waals surface area contributed by atoms with Crippen molar-refractivity contribution in [2.45, 2.75) is 33.6 Å². The van der Waals surface area contributed by atoms with Gasteiger partial charge in [0.25, 0.3) is 0 Å². The number of hydrogen-bond acceptors (Lipinski definition) is 1. The number of carbonyl (C=O) groups excluding carboxylic acids is 1. The van der Waals surface area contributed by atoms with Crippen LogP contribution >= 0.6 is 0 Å². The lowest BCUT2D eigenvalue weighted by atomic mass is 9.54. The molecule has 72 valence electrons. The maximum atomic E-state index is 11.6. The third-order valence-electron chi connectivity index (χ3n) is 4.02. The highest BCUT2D eigenvalue weighted by molar-refractivity contribution is 5.80. The van der Waals surface area contributed by atoms with E-state index in [2.05, 4.69) is 26.0 Å². The van der Waals surface area contributed by atoms with Crippen molar-refractivity contribution in [1.29, 1.82) is 0 Å². The van der Waals surface area contributed by atoms with Crippen LogP contribution in [0.2, 0.25) is 0 Å². The molecule has 1 saturated carbocycles. The van der Waals surface area contributed by atoms with E-state index >= 15 is 0 Å². The topological polar surface area (TPSA) is 17.1 Å². The Labute approximate surface area is 80.2 Å². The zero-order chi connectivity index (χ0) is 9.64. The molecule has 0 spiro atoms. The van der Waals surface area contributed by atoms with Gasteiger partial charge in [-0.15, -0.1) is 0 Å². The van der Waals surface area contributed by atoms with Crippen LogP contribution in [0.4, 0.5) is 0 Å². The number of allylic oxidation sites excluding steroid dienone is 2. The molecule has 0 saturated heterocycles. The third kappa shape index (κ3) is 1.17. The lowest BCUT2D eigenvalue weighted by molar-refractivity contribution is -0.130. The Balaban J connectivity index is 2.37. The summed E-state index contributed by atoms with van der Waals surface area (Å²) >= 11 is 0. The summed E-state index contributed by atoms with van der Waals surface area (Å²) in [5, 5.41) is 0. The van der Waals surface area contributed by atoms with E-state index in [4.69, 9.17) is 0 Å². The van der Waals surface area contributed by atoms with Crippen LogP contribution in [0.5, 0.6) is 0 Å². The van der Waals surface area contributed by atoms with Crippen LogP contribution in [-0.4, -0.2) is 5.78 Å². The van der Waals surface area contributed by atoms with E-state index < -0.39 is 0 Å². The molecule has 0 amide bonds. The van der Waals surface area contributed by atoms with Crippen molar-refractivity contribution >= 4 is 5.78 Å². The van der Waals surface area contributed by atoms with Crippen molar-refractivity contribution in [2.75, 3.05) is 0 Å². The molecule has 1 heteroatoms. The van der Waals surface area contributed by atoms with Gasteiger partial charge in [-0.3, -0.25) is 4.79 Å². The van der Waals surface area contributed by atoms with Gasteiger partial charge in [-0.25, -0.2) is 0 Å². The molecule has 3 atom stereocenters. The minimum atomic E-state index is 0.198. The first-order valence-electron chi connectivity index (χ1n) is 5.22. The number of fused-ring (bicyclic) bond motifs is 2. The Morgan fingerprint density at radius 1 is 1.31 bits per heavy atom. The van der Waals surface area contributed by atoms with Crippen LogP contribution in [0.25, 0.3) is 0 Å². The molecular weight excluding hydrogens is 160 g/mol. The Bertz CT molecular complexity index is 262. The molecule has 3 rings (SSSR count). The molecule has 0 aromatic heterocycles. The first-order valence-corrected chi connectivity index (χ1v) is 5.22. The van der Waals surface area contributed by atoms with Crippen molar-refractivity contribution < 1.29 is 4.79 Å². The molecule has 1 fully saturated rings. The van der Waals surface area contributed by atoms with Crippen LogP contribution in [0.15, 0.2) is 12.2 Å². The highest BCUT2D eigenvalue weighted by atomic mass is 16.1.